The number of carbonyl (C=O) groups is 2. The maximum Gasteiger partial charge on any atom is 0.166 e. The van der Waals surface area contributed by atoms with Gasteiger partial charge in [-0.25, -0.2) is 0 Å². The van der Waals surface area contributed by atoms with E-state index in [1.807, 2.05) is 43.3 Å². The van der Waals surface area contributed by atoms with Crippen LogP contribution in [0.15, 0.2) is 71.8 Å². The molecule has 0 aromatic heterocycles. The zero-order valence-corrected chi connectivity index (χ0v) is 14.9. The van der Waals surface area contributed by atoms with Gasteiger partial charge in [0.05, 0.1) is 5.41 Å². The summed E-state index contributed by atoms with van der Waals surface area (Å²) in [7, 11) is 0. The first-order chi connectivity index (χ1) is 11.9. The van der Waals surface area contributed by atoms with Crippen LogP contribution in [0.4, 0.5) is 0 Å². The zero-order chi connectivity index (χ0) is 17.8. The second-order valence-electron chi connectivity index (χ2n) is 7.54. The molecule has 2 heteroatoms. The van der Waals surface area contributed by atoms with Crippen molar-refractivity contribution in [3.63, 3.8) is 0 Å². The molecule has 0 radical (unpaired) electrons. The maximum absolute atomic E-state index is 13.4. The molecule has 2 aromatic carbocycles. The predicted octanol–water partition coefficient (Wildman–Crippen LogP) is 4.49. The summed E-state index contributed by atoms with van der Waals surface area (Å²) in [6, 6.07) is 20.4. The van der Waals surface area contributed by atoms with Crippen LogP contribution in [0.25, 0.3) is 0 Å². The zero-order valence-electron chi connectivity index (χ0n) is 14.9. The van der Waals surface area contributed by atoms with Gasteiger partial charge >= 0.3 is 0 Å². The Kier molecular flexibility index (Phi) is 3.37. The number of hydrogen-bond donors (Lipinski definition) is 0. The molecule has 1 saturated carbocycles. The van der Waals surface area contributed by atoms with Gasteiger partial charge in [-0.2, -0.15) is 0 Å². The average Bonchev–Trinajstić information content (AvgIpc) is 2.65. The number of rotatable bonds is 2. The highest BCUT2D eigenvalue weighted by Crippen LogP contribution is 2.67. The Labute approximate surface area is 148 Å². The van der Waals surface area contributed by atoms with Crippen molar-refractivity contribution >= 4 is 11.6 Å². The molecule has 0 bridgehead atoms. The molecule has 0 saturated heterocycles. The summed E-state index contributed by atoms with van der Waals surface area (Å²) in [5.74, 6) is 0.0276. The maximum atomic E-state index is 13.4. The third-order valence-corrected chi connectivity index (χ3v) is 6.69. The van der Waals surface area contributed by atoms with E-state index < -0.39 is 10.8 Å². The highest BCUT2D eigenvalue weighted by molar-refractivity contribution is 6.17. The first-order valence-electron chi connectivity index (χ1n) is 8.82. The minimum Gasteiger partial charge on any atom is -0.294 e. The smallest absolute Gasteiger partial charge is 0.166 e. The first-order valence-corrected chi connectivity index (χ1v) is 8.82. The van der Waals surface area contributed by atoms with E-state index in [0.717, 1.165) is 11.1 Å². The summed E-state index contributed by atoms with van der Waals surface area (Å²) in [5, 5.41) is 0. The largest absolute Gasteiger partial charge is 0.294 e. The number of carbonyl (C=O) groups excluding carboxylic acids is 2. The Morgan fingerprint density at radius 2 is 1.28 bits per heavy atom. The van der Waals surface area contributed by atoms with Gasteiger partial charge in [-0.3, -0.25) is 9.59 Å². The molecular formula is C23H22O2. The van der Waals surface area contributed by atoms with Gasteiger partial charge in [0.2, 0.25) is 0 Å². The Balaban J connectivity index is 2.00. The molecule has 0 spiro atoms. The van der Waals surface area contributed by atoms with E-state index in [1.165, 1.54) is 0 Å². The lowest BCUT2D eigenvalue weighted by molar-refractivity contribution is -0.155. The third kappa shape index (κ3) is 1.80. The predicted molar refractivity (Wildman–Crippen MR) is 98.3 cm³/mol. The van der Waals surface area contributed by atoms with Gasteiger partial charge in [0.1, 0.15) is 0 Å². The molecule has 0 aliphatic heterocycles. The van der Waals surface area contributed by atoms with E-state index in [4.69, 9.17) is 0 Å². The van der Waals surface area contributed by atoms with Crippen LogP contribution in [0.3, 0.4) is 0 Å². The minimum absolute atomic E-state index is 0.119. The summed E-state index contributed by atoms with van der Waals surface area (Å²) >= 11 is 0. The molecule has 2 aliphatic carbocycles. The molecule has 2 aromatic rings. The molecule has 1 fully saturated rings. The summed E-state index contributed by atoms with van der Waals surface area (Å²) in [5.41, 5.74) is 2.33. The van der Waals surface area contributed by atoms with Crippen LogP contribution in [0.2, 0.25) is 0 Å². The third-order valence-electron chi connectivity index (χ3n) is 6.69. The number of allylic oxidation sites excluding steroid dienone is 2. The SMILES string of the molecule is CC1=C(C)C(=O)[C@]2(C)[C@@H](CC2(c2ccccc2)c2ccccc2)C1=O. The van der Waals surface area contributed by atoms with E-state index >= 15 is 0 Å². The van der Waals surface area contributed by atoms with E-state index in [0.29, 0.717) is 17.6 Å². The van der Waals surface area contributed by atoms with E-state index in [1.54, 1.807) is 13.8 Å². The van der Waals surface area contributed by atoms with Crippen molar-refractivity contribution in [2.24, 2.45) is 11.3 Å². The van der Waals surface area contributed by atoms with Crippen molar-refractivity contribution in [1.29, 1.82) is 0 Å². The Bertz CT molecular complexity index is 853. The number of Topliss-reactive ketones (excluding diaryl/α,β-unsaturated/α-hetero) is 2. The summed E-state index contributed by atoms with van der Waals surface area (Å²) in [6.45, 7) is 5.59. The van der Waals surface area contributed by atoms with Gasteiger partial charge < -0.3 is 0 Å². The fourth-order valence-electron chi connectivity index (χ4n) is 5.05. The van der Waals surface area contributed by atoms with Crippen LogP contribution in [0.1, 0.15) is 38.3 Å². The molecule has 4 rings (SSSR count). The van der Waals surface area contributed by atoms with Crippen molar-refractivity contribution < 1.29 is 9.59 Å². The lowest BCUT2D eigenvalue weighted by atomic mass is 9.36. The van der Waals surface area contributed by atoms with Crippen LogP contribution in [0.5, 0.6) is 0 Å². The molecule has 0 heterocycles. The van der Waals surface area contributed by atoms with Crippen LogP contribution in [0, 0.1) is 11.3 Å². The second-order valence-corrected chi connectivity index (χ2v) is 7.54. The Morgan fingerprint density at radius 1 is 0.800 bits per heavy atom. The fourth-order valence-corrected chi connectivity index (χ4v) is 5.05. The highest BCUT2D eigenvalue weighted by atomic mass is 16.1. The van der Waals surface area contributed by atoms with Gasteiger partial charge in [-0.1, -0.05) is 67.6 Å². The molecule has 0 unspecified atom stereocenters. The van der Waals surface area contributed by atoms with Crippen LogP contribution in [-0.4, -0.2) is 11.6 Å². The summed E-state index contributed by atoms with van der Waals surface area (Å²) in [6.07, 6.45) is 0.687. The van der Waals surface area contributed by atoms with Gasteiger partial charge in [-0.15, -0.1) is 0 Å². The van der Waals surface area contributed by atoms with Gasteiger partial charge in [0.15, 0.2) is 11.6 Å². The molecule has 126 valence electrons. The van der Waals surface area contributed by atoms with Crippen molar-refractivity contribution in [1.82, 2.24) is 0 Å². The molecule has 2 aliphatic rings. The second kappa shape index (κ2) is 5.26. The first kappa shape index (κ1) is 16.0. The fraction of sp³-hybridized carbons (Fsp3) is 0.304. The minimum atomic E-state index is -0.726. The number of ketones is 2. The topological polar surface area (TPSA) is 34.1 Å². The van der Waals surface area contributed by atoms with Crippen LogP contribution < -0.4 is 0 Å². The van der Waals surface area contributed by atoms with Crippen molar-refractivity contribution in [3.05, 3.63) is 82.9 Å². The van der Waals surface area contributed by atoms with Crippen LogP contribution in [-0.2, 0) is 15.0 Å². The molecule has 0 N–H and O–H groups in total. The van der Waals surface area contributed by atoms with E-state index in [2.05, 4.69) is 24.3 Å². The molecule has 2 atom stereocenters. The van der Waals surface area contributed by atoms with Gasteiger partial charge in [0.25, 0.3) is 0 Å². The molecule has 0 amide bonds. The van der Waals surface area contributed by atoms with Crippen molar-refractivity contribution in [3.8, 4) is 0 Å². The van der Waals surface area contributed by atoms with E-state index in [9.17, 15) is 9.59 Å². The van der Waals surface area contributed by atoms with Crippen molar-refractivity contribution in [2.75, 3.05) is 0 Å². The normalized spacial score (nSPS) is 27.7. The summed E-state index contributed by atoms with van der Waals surface area (Å²) in [4.78, 5) is 26.3. The molecule has 2 nitrogen and oxygen atoms in total. The number of fused-ring (bicyclic) bond motifs is 1. The lowest BCUT2D eigenvalue weighted by Gasteiger charge is -2.63. The van der Waals surface area contributed by atoms with Gasteiger partial charge in [0, 0.05) is 11.3 Å². The standard InChI is InChI=1S/C23H22O2/c1-15-16(2)21(25)22(3)19(20(15)24)14-23(22,17-10-6-4-7-11-17)18-12-8-5-9-13-18/h4-13,19H,14H2,1-3H3/t19-,22-/m0/s1. The van der Waals surface area contributed by atoms with E-state index in [-0.39, 0.29) is 17.5 Å². The monoisotopic (exact) mass is 330 g/mol. The molecular weight excluding hydrogens is 308 g/mol. The summed E-state index contributed by atoms with van der Waals surface area (Å²) < 4.78 is 0. The lowest BCUT2D eigenvalue weighted by Crippen LogP contribution is -2.68. The Morgan fingerprint density at radius 3 is 1.76 bits per heavy atom. The number of hydrogen-bond acceptors (Lipinski definition) is 2. The average molecular weight is 330 g/mol. The van der Waals surface area contributed by atoms with Crippen molar-refractivity contribution in [2.45, 2.75) is 32.6 Å². The quantitative estimate of drug-likeness (QED) is 0.813. The van der Waals surface area contributed by atoms with Crippen LogP contribution >= 0.6 is 0 Å². The Hall–Kier alpha value is -2.48. The highest BCUT2D eigenvalue weighted by Gasteiger charge is 2.71. The molecule has 25 heavy (non-hydrogen) atoms. The van der Waals surface area contributed by atoms with Gasteiger partial charge in [-0.05, 0) is 42.5 Å². The number of benzene rings is 2.